The minimum atomic E-state index is -0.502. The monoisotopic (exact) mass is 293 g/mol. The molecular weight excluding hydrogens is 278 g/mol. The van der Waals surface area contributed by atoms with Crippen LogP contribution in [0.15, 0.2) is 65.7 Å². The summed E-state index contributed by atoms with van der Waals surface area (Å²) < 4.78 is 0. The molecule has 0 saturated carbocycles. The van der Waals surface area contributed by atoms with E-state index in [-0.39, 0.29) is 5.92 Å². The first kappa shape index (κ1) is 12.9. The Labute approximate surface area is 127 Å². The van der Waals surface area contributed by atoms with E-state index in [1.807, 2.05) is 42.1 Å². The first-order chi connectivity index (χ1) is 10.3. The van der Waals surface area contributed by atoms with Crippen molar-refractivity contribution in [1.82, 2.24) is 4.98 Å². The van der Waals surface area contributed by atoms with Crippen LogP contribution in [-0.2, 0) is 0 Å². The third-order valence-corrected chi connectivity index (χ3v) is 5.28. The lowest BCUT2D eigenvalue weighted by molar-refractivity contribution is 0.153. The lowest BCUT2D eigenvalue weighted by Gasteiger charge is -2.19. The van der Waals surface area contributed by atoms with Crippen LogP contribution in [0.2, 0.25) is 0 Å². The van der Waals surface area contributed by atoms with Gasteiger partial charge in [-0.15, -0.1) is 11.8 Å². The Kier molecular flexibility index (Phi) is 3.17. The summed E-state index contributed by atoms with van der Waals surface area (Å²) in [5.74, 6) is 1.07. The van der Waals surface area contributed by atoms with Crippen molar-refractivity contribution >= 4 is 22.7 Å². The minimum absolute atomic E-state index is 0.147. The SMILES string of the molecule is OC(c1cnc2ccccc2c1)C1CSc2ccccc21. The number of aliphatic hydroxyl groups is 1. The number of hydrogen-bond donors (Lipinski definition) is 1. The lowest BCUT2D eigenvalue weighted by atomic mass is 9.91. The predicted molar refractivity (Wildman–Crippen MR) is 86.6 cm³/mol. The Bertz CT molecular complexity index is 802. The fourth-order valence-electron chi connectivity index (χ4n) is 2.93. The summed E-state index contributed by atoms with van der Waals surface area (Å²) in [5, 5.41) is 11.9. The molecule has 1 aromatic heterocycles. The standard InChI is InChI=1S/C18H15NOS/c20-18(15-11-21-17-8-4-2-6-14(15)17)13-9-12-5-1-3-7-16(12)19-10-13/h1-10,15,18,20H,11H2. The average Bonchev–Trinajstić information content (AvgIpc) is 2.98. The summed E-state index contributed by atoms with van der Waals surface area (Å²) >= 11 is 1.82. The molecule has 0 fully saturated rings. The maximum absolute atomic E-state index is 10.8. The van der Waals surface area contributed by atoms with Gasteiger partial charge in [0.15, 0.2) is 0 Å². The van der Waals surface area contributed by atoms with Crippen LogP contribution in [0.3, 0.4) is 0 Å². The van der Waals surface area contributed by atoms with E-state index in [0.717, 1.165) is 22.2 Å². The summed E-state index contributed by atoms with van der Waals surface area (Å²) in [6, 6.07) is 18.4. The highest BCUT2D eigenvalue weighted by Gasteiger charge is 2.30. The quantitative estimate of drug-likeness (QED) is 0.770. The van der Waals surface area contributed by atoms with Crippen molar-refractivity contribution in [3.63, 3.8) is 0 Å². The normalized spacial score (nSPS) is 18.6. The Morgan fingerprint density at radius 1 is 1.10 bits per heavy atom. The Balaban J connectivity index is 1.72. The maximum Gasteiger partial charge on any atom is 0.0882 e. The number of aromatic nitrogens is 1. The van der Waals surface area contributed by atoms with E-state index in [1.54, 1.807) is 6.20 Å². The largest absolute Gasteiger partial charge is 0.388 e. The molecule has 3 heteroatoms. The van der Waals surface area contributed by atoms with Crippen molar-refractivity contribution in [2.75, 3.05) is 5.75 Å². The van der Waals surface area contributed by atoms with Crippen LogP contribution in [0, 0.1) is 0 Å². The zero-order chi connectivity index (χ0) is 14.2. The summed E-state index contributed by atoms with van der Waals surface area (Å²) in [5.41, 5.74) is 3.12. The van der Waals surface area contributed by atoms with Gasteiger partial charge in [-0.2, -0.15) is 0 Å². The highest BCUT2D eigenvalue weighted by molar-refractivity contribution is 7.99. The number of fused-ring (bicyclic) bond motifs is 2. The summed E-state index contributed by atoms with van der Waals surface area (Å²) in [6.07, 6.45) is 1.30. The second-order valence-corrected chi connectivity index (χ2v) is 6.42. The van der Waals surface area contributed by atoms with E-state index >= 15 is 0 Å². The van der Waals surface area contributed by atoms with Gasteiger partial charge in [0, 0.05) is 33.7 Å². The molecule has 2 unspecified atom stereocenters. The van der Waals surface area contributed by atoms with E-state index in [4.69, 9.17) is 0 Å². The second kappa shape index (κ2) is 5.17. The zero-order valence-corrected chi connectivity index (χ0v) is 12.3. The molecule has 2 atom stereocenters. The molecule has 1 N–H and O–H groups in total. The third kappa shape index (κ3) is 2.23. The van der Waals surface area contributed by atoms with Crippen LogP contribution in [-0.4, -0.2) is 15.8 Å². The molecule has 3 aromatic rings. The molecule has 21 heavy (non-hydrogen) atoms. The zero-order valence-electron chi connectivity index (χ0n) is 11.4. The topological polar surface area (TPSA) is 33.1 Å². The van der Waals surface area contributed by atoms with E-state index in [0.29, 0.717) is 0 Å². The van der Waals surface area contributed by atoms with Crippen LogP contribution in [0.25, 0.3) is 10.9 Å². The van der Waals surface area contributed by atoms with Gasteiger partial charge in [-0.25, -0.2) is 0 Å². The number of hydrogen-bond acceptors (Lipinski definition) is 3. The Morgan fingerprint density at radius 3 is 2.86 bits per heavy atom. The minimum Gasteiger partial charge on any atom is -0.388 e. The number of para-hydroxylation sites is 1. The number of benzene rings is 2. The molecule has 2 aromatic carbocycles. The van der Waals surface area contributed by atoms with Crippen molar-refractivity contribution in [2.24, 2.45) is 0 Å². The van der Waals surface area contributed by atoms with Crippen molar-refractivity contribution in [3.05, 3.63) is 71.9 Å². The number of pyridine rings is 1. The molecule has 1 aliphatic heterocycles. The van der Waals surface area contributed by atoms with Crippen molar-refractivity contribution in [3.8, 4) is 0 Å². The molecular formula is C18H15NOS. The predicted octanol–water partition coefficient (Wildman–Crippen LogP) is 4.16. The average molecular weight is 293 g/mol. The fourth-order valence-corrected chi connectivity index (χ4v) is 4.21. The van der Waals surface area contributed by atoms with Crippen molar-refractivity contribution in [1.29, 1.82) is 0 Å². The van der Waals surface area contributed by atoms with Crippen LogP contribution >= 0.6 is 11.8 Å². The number of rotatable bonds is 2. The van der Waals surface area contributed by atoms with Crippen LogP contribution < -0.4 is 0 Å². The molecule has 0 bridgehead atoms. The van der Waals surface area contributed by atoms with E-state index in [1.165, 1.54) is 10.5 Å². The van der Waals surface area contributed by atoms with Crippen LogP contribution in [0.4, 0.5) is 0 Å². The van der Waals surface area contributed by atoms with E-state index in [2.05, 4.69) is 29.2 Å². The van der Waals surface area contributed by atoms with Gasteiger partial charge < -0.3 is 5.11 Å². The molecule has 0 aliphatic carbocycles. The smallest absolute Gasteiger partial charge is 0.0882 e. The number of thioether (sulfide) groups is 1. The van der Waals surface area contributed by atoms with E-state index < -0.39 is 6.10 Å². The first-order valence-electron chi connectivity index (χ1n) is 7.07. The number of aliphatic hydroxyl groups excluding tert-OH is 1. The van der Waals surface area contributed by atoms with Crippen molar-refractivity contribution < 1.29 is 5.11 Å². The third-order valence-electron chi connectivity index (χ3n) is 4.07. The summed E-state index contributed by atoms with van der Waals surface area (Å²) in [4.78, 5) is 5.75. The molecule has 2 heterocycles. The summed E-state index contributed by atoms with van der Waals surface area (Å²) in [6.45, 7) is 0. The van der Waals surface area contributed by atoms with Gasteiger partial charge in [0.1, 0.15) is 0 Å². The van der Waals surface area contributed by atoms with Gasteiger partial charge in [0.25, 0.3) is 0 Å². The number of nitrogens with zero attached hydrogens (tertiary/aromatic N) is 1. The molecule has 0 saturated heterocycles. The molecule has 4 rings (SSSR count). The van der Waals surface area contributed by atoms with Gasteiger partial charge in [0.05, 0.1) is 11.6 Å². The maximum atomic E-state index is 10.8. The molecule has 0 radical (unpaired) electrons. The molecule has 104 valence electrons. The highest BCUT2D eigenvalue weighted by atomic mass is 32.2. The molecule has 1 aliphatic rings. The van der Waals surface area contributed by atoms with Crippen molar-refractivity contribution in [2.45, 2.75) is 16.9 Å². The van der Waals surface area contributed by atoms with Gasteiger partial charge in [-0.3, -0.25) is 4.98 Å². The van der Waals surface area contributed by atoms with Crippen LogP contribution in [0.5, 0.6) is 0 Å². The highest BCUT2D eigenvalue weighted by Crippen LogP contribution is 2.45. The summed E-state index contributed by atoms with van der Waals surface area (Å²) in [7, 11) is 0. The van der Waals surface area contributed by atoms with Gasteiger partial charge in [0.2, 0.25) is 0 Å². The van der Waals surface area contributed by atoms with Gasteiger partial charge in [-0.05, 0) is 23.8 Å². The van der Waals surface area contributed by atoms with E-state index in [9.17, 15) is 5.11 Å². The Morgan fingerprint density at radius 2 is 1.90 bits per heavy atom. The molecule has 0 spiro atoms. The molecule has 2 nitrogen and oxygen atoms in total. The first-order valence-corrected chi connectivity index (χ1v) is 8.06. The fraction of sp³-hybridized carbons (Fsp3) is 0.167. The lowest BCUT2D eigenvalue weighted by Crippen LogP contribution is -2.10. The second-order valence-electron chi connectivity index (χ2n) is 5.36. The van der Waals surface area contributed by atoms with Gasteiger partial charge >= 0.3 is 0 Å². The van der Waals surface area contributed by atoms with Crippen LogP contribution in [0.1, 0.15) is 23.1 Å². The molecule has 0 amide bonds. The van der Waals surface area contributed by atoms with Gasteiger partial charge in [-0.1, -0.05) is 36.4 Å². The Hall–Kier alpha value is -1.84.